The molecule has 3 nitrogen and oxygen atoms in total. The molecule has 1 aromatic heterocycles. The van der Waals surface area contributed by atoms with Gasteiger partial charge in [0.15, 0.2) is 0 Å². The lowest BCUT2D eigenvalue weighted by atomic mass is 10.4. The molecular weight excluding hydrogens is 174 g/mol. The summed E-state index contributed by atoms with van der Waals surface area (Å²) in [4.78, 5) is 8.14. The summed E-state index contributed by atoms with van der Waals surface area (Å²) in [5, 5.41) is 3.19. The fraction of sp³-hybridized carbons (Fsp3) is 0.500. The Balaban J connectivity index is 2.16. The maximum Gasteiger partial charge on any atom is 0.141 e. The van der Waals surface area contributed by atoms with Crippen molar-refractivity contribution in [3.8, 4) is 0 Å². The van der Waals surface area contributed by atoms with Crippen LogP contribution in [0.25, 0.3) is 0 Å². The van der Waals surface area contributed by atoms with Crippen molar-refractivity contribution in [3.63, 3.8) is 0 Å². The quantitative estimate of drug-likeness (QED) is 0.553. The summed E-state index contributed by atoms with van der Waals surface area (Å²) in [5.41, 5.74) is 0. The molecule has 0 aliphatic rings. The number of nitrogens with one attached hydrogen (secondary N) is 1. The van der Waals surface area contributed by atoms with Crippen molar-refractivity contribution < 1.29 is 0 Å². The topological polar surface area (TPSA) is 37.8 Å². The Morgan fingerprint density at radius 3 is 2.75 bits per heavy atom. The monoisotopic (exact) mass is 185 g/mol. The van der Waals surface area contributed by atoms with Crippen molar-refractivity contribution in [1.82, 2.24) is 15.3 Å². The SMILES string of the molecule is ClCCCNCc1ncccn1. The van der Waals surface area contributed by atoms with Crippen molar-refractivity contribution >= 4 is 11.6 Å². The Morgan fingerprint density at radius 1 is 1.33 bits per heavy atom. The first-order chi connectivity index (χ1) is 5.93. The van der Waals surface area contributed by atoms with E-state index >= 15 is 0 Å². The molecule has 12 heavy (non-hydrogen) atoms. The van der Waals surface area contributed by atoms with Crippen LogP contribution in [0.3, 0.4) is 0 Å². The molecule has 4 heteroatoms. The molecule has 0 atom stereocenters. The minimum Gasteiger partial charge on any atom is -0.310 e. The average molecular weight is 186 g/mol. The Labute approximate surface area is 77.2 Å². The number of alkyl halides is 1. The normalized spacial score (nSPS) is 10.1. The van der Waals surface area contributed by atoms with Crippen LogP contribution in [-0.4, -0.2) is 22.4 Å². The van der Waals surface area contributed by atoms with Gasteiger partial charge in [-0.05, 0) is 19.0 Å². The third-order valence-electron chi connectivity index (χ3n) is 1.39. The minimum absolute atomic E-state index is 0.697. The minimum atomic E-state index is 0.697. The zero-order chi connectivity index (χ0) is 8.65. The maximum atomic E-state index is 5.51. The van der Waals surface area contributed by atoms with Gasteiger partial charge in [-0.1, -0.05) is 0 Å². The summed E-state index contributed by atoms with van der Waals surface area (Å²) in [5.74, 6) is 1.52. The molecule has 0 aliphatic carbocycles. The second-order valence-corrected chi connectivity index (χ2v) is 2.76. The first kappa shape index (κ1) is 9.42. The van der Waals surface area contributed by atoms with E-state index in [0.717, 1.165) is 25.3 Å². The van der Waals surface area contributed by atoms with E-state index < -0.39 is 0 Å². The van der Waals surface area contributed by atoms with Crippen molar-refractivity contribution in [3.05, 3.63) is 24.3 Å². The molecule has 0 aliphatic heterocycles. The molecule has 0 unspecified atom stereocenters. The van der Waals surface area contributed by atoms with Crippen LogP contribution in [0, 0.1) is 0 Å². The Hall–Kier alpha value is -0.670. The molecule has 66 valence electrons. The smallest absolute Gasteiger partial charge is 0.141 e. The predicted octanol–water partition coefficient (Wildman–Crippen LogP) is 1.20. The summed E-state index contributed by atoms with van der Waals surface area (Å²) in [6.45, 7) is 1.64. The van der Waals surface area contributed by atoms with Crippen LogP contribution in [0.1, 0.15) is 12.2 Å². The molecule has 0 saturated carbocycles. The van der Waals surface area contributed by atoms with E-state index in [2.05, 4.69) is 15.3 Å². The first-order valence-electron chi connectivity index (χ1n) is 3.96. The summed E-state index contributed by atoms with van der Waals surface area (Å²) in [6.07, 6.45) is 4.46. The zero-order valence-corrected chi connectivity index (χ0v) is 7.59. The highest BCUT2D eigenvalue weighted by Crippen LogP contribution is 1.87. The highest BCUT2D eigenvalue weighted by molar-refractivity contribution is 6.17. The highest BCUT2D eigenvalue weighted by atomic mass is 35.5. The summed E-state index contributed by atoms with van der Waals surface area (Å²) < 4.78 is 0. The van der Waals surface area contributed by atoms with Gasteiger partial charge < -0.3 is 5.32 Å². The van der Waals surface area contributed by atoms with Crippen LogP contribution in [0.2, 0.25) is 0 Å². The van der Waals surface area contributed by atoms with Gasteiger partial charge in [0.05, 0.1) is 6.54 Å². The molecule has 0 spiro atoms. The van der Waals surface area contributed by atoms with E-state index in [0.29, 0.717) is 5.88 Å². The third kappa shape index (κ3) is 3.64. The van der Waals surface area contributed by atoms with E-state index in [1.807, 2.05) is 6.07 Å². The van der Waals surface area contributed by atoms with Gasteiger partial charge in [-0.15, -0.1) is 11.6 Å². The molecule has 1 rings (SSSR count). The van der Waals surface area contributed by atoms with Crippen LogP contribution in [0.15, 0.2) is 18.5 Å². The Morgan fingerprint density at radius 2 is 2.08 bits per heavy atom. The van der Waals surface area contributed by atoms with Gasteiger partial charge in [0, 0.05) is 18.3 Å². The second-order valence-electron chi connectivity index (χ2n) is 2.38. The van der Waals surface area contributed by atoms with Crippen LogP contribution >= 0.6 is 11.6 Å². The van der Waals surface area contributed by atoms with Gasteiger partial charge in [0.1, 0.15) is 5.82 Å². The van der Waals surface area contributed by atoms with Crippen molar-refractivity contribution in [1.29, 1.82) is 0 Å². The van der Waals surface area contributed by atoms with Gasteiger partial charge in [-0.3, -0.25) is 0 Å². The fourth-order valence-electron chi connectivity index (χ4n) is 0.813. The molecule has 0 fully saturated rings. The summed E-state index contributed by atoms with van der Waals surface area (Å²) in [7, 11) is 0. The highest BCUT2D eigenvalue weighted by Gasteiger charge is 1.91. The van der Waals surface area contributed by atoms with E-state index in [4.69, 9.17) is 11.6 Å². The standard InChI is InChI=1S/C8H12ClN3/c9-3-1-4-10-7-8-11-5-2-6-12-8/h2,5-6,10H,1,3-4,7H2. The Bertz CT molecular complexity index is 203. The summed E-state index contributed by atoms with van der Waals surface area (Å²) in [6, 6.07) is 1.81. The summed E-state index contributed by atoms with van der Waals surface area (Å²) >= 11 is 5.51. The molecular formula is C8H12ClN3. The first-order valence-corrected chi connectivity index (χ1v) is 4.49. The van der Waals surface area contributed by atoms with Gasteiger partial charge in [-0.2, -0.15) is 0 Å². The molecule has 0 aromatic carbocycles. The Kier molecular flexibility index (Phi) is 4.64. The van der Waals surface area contributed by atoms with Crippen molar-refractivity contribution in [2.45, 2.75) is 13.0 Å². The lowest BCUT2D eigenvalue weighted by molar-refractivity contribution is 0.651. The fourth-order valence-corrected chi connectivity index (χ4v) is 0.947. The number of hydrogen-bond acceptors (Lipinski definition) is 3. The predicted molar refractivity (Wildman–Crippen MR) is 49.1 cm³/mol. The molecule has 1 heterocycles. The van der Waals surface area contributed by atoms with E-state index in [-0.39, 0.29) is 0 Å². The number of nitrogens with zero attached hydrogens (tertiary/aromatic N) is 2. The zero-order valence-electron chi connectivity index (χ0n) is 6.83. The van der Waals surface area contributed by atoms with Crippen LogP contribution in [0.4, 0.5) is 0 Å². The molecule has 1 aromatic rings. The van der Waals surface area contributed by atoms with E-state index in [9.17, 15) is 0 Å². The van der Waals surface area contributed by atoms with Crippen molar-refractivity contribution in [2.24, 2.45) is 0 Å². The molecule has 0 saturated heterocycles. The number of aromatic nitrogens is 2. The van der Waals surface area contributed by atoms with Gasteiger partial charge in [-0.25, -0.2) is 9.97 Å². The van der Waals surface area contributed by atoms with E-state index in [1.165, 1.54) is 0 Å². The van der Waals surface area contributed by atoms with Crippen LogP contribution < -0.4 is 5.32 Å². The van der Waals surface area contributed by atoms with Gasteiger partial charge in [0.2, 0.25) is 0 Å². The number of halogens is 1. The van der Waals surface area contributed by atoms with E-state index in [1.54, 1.807) is 12.4 Å². The lowest BCUT2D eigenvalue weighted by Crippen LogP contribution is -2.16. The number of hydrogen-bond donors (Lipinski definition) is 1. The lowest BCUT2D eigenvalue weighted by Gasteiger charge is -2.00. The van der Waals surface area contributed by atoms with Crippen LogP contribution in [0.5, 0.6) is 0 Å². The van der Waals surface area contributed by atoms with Gasteiger partial charge >= 0.3 is 0 Å². The van der Waals surface area contributed by atoms with Gasteiger partial charge in [0.25, 0.3) is 0 Å². The third-order valence-corrected chi connectivity index (χ3v) is 1.66. The molecule has 0 radical (unpaired) electrons. The van der Waals surface area contributed by atoms with Crippen molar-refractivity contribution in [2.75, 3.05) is 12.4 Å². The molecule has 0 bridgehead atoms. The maximum absolute atomic E-state index is 5.51. The van der Waals surface area contributed by atoms with Crippen LogP contribution in [-0.2, 0) is 6.54 Å². The second kappa shape index (κ2) is 5.91. The molecule has 1 N–H and O–H groups in total. The molecule has 0 amide bonds. The number of rotatable bonds is 5. The average Bonchev–Trinajstić information content (AvgIpc) is 2.14. The largest absolute Gasteiger partial charge is 0.310 e.